The van der Waals surface area contributed by atoms with E-state index in [1.165, 1.54) is 59.3 Å². The van der Waals surface area contributed by atoms with Crippen molar-refractivity contribution >= 4 is 5.91 Å². The third-order valence-electron chi connectivity index (χ3n) is 9.20. The van der Waals surface area contributed by atoms with E-state index in [2.05, 4.69) is 94.8 Å². The van der Waals surface area contributed by atoms with Gasteiger partial charge in [0.2, 0.25) is 5.91 Å². The Labute approximate surface area is 228 Å². The van der Waals surface area contributed by atoms with Gasteiger partial charge in [0.1, 0.15) is 5.41 Å². The first-order chi connectivity index (χ1) is 18.7. The van der Waals surface area contributed by atoms with Crippen LogP contribution in [0.15, 0.2) is 72.8 Å². The van der Waals surface area contributed by atoms with Gasteiger partial charge in [-0.1, -0.05) is 86.1 Å². The van der Waals surface area contributed by atoms with E-state index in [0.717, 1.165) is 51.9 Å². The summed E-state index contributed by atoms with van der Waals surface area (Å²) < 4.78 is 0. The summed E-state index contributed by atoms with van der Waals surface area (Å²) in [6.45, 7) is 8.58. The average molecular weight is 508 g/mol. The molecule has 0 saturated carbocycles. The SMILES string of the molecule is CCCNC(=O)C1(CCCCN2CCC(N3Cc4ccccc4C3)CC2)c2ccccc2-c2ccccc21. The van der Waals surface area contributed by atoms with Gasteiger partial charge in [0.25, 0.3) is 0 Å². The molecule has 3 aromatic rings. The molecule has 4 nitrogen and oxygen atoms in total. The van der Waals surface area contributed by atoms with Crippen LogP contribution in [0.1, 0.15) is 67.7 Å². The Hall–Kier alpha value is -2.95. The monoisotopic (exact) mass is 507 g/mol. The van der Waals surface area contributed by atoms with E-state index in [9.17, 15) is 4.79 Å². The fourth-order valence-electron chi connectivity index (χ4n) is 7.19. The van der Waals surface area contributed by atoms with E-state index < -0.39 is 5.41 Å². The lowest BCUT2D eigenvalue weighted by atomic mass is 9.73. The summed E-state index contributed by atoms with van der Waals surface area (Å²) in [7, 11) is 0. The molecule has 3 aromatic carbocycles. The Kier molecular flexibility index (Phi) is 7.36. The Morgan fingerprint density at radius 1 is 0.842 bits per heavy atom. The first-order valence-corrected chi connectivity index (χ1v) is 14.7. The van der Waals surface area contributed by atoms with Gasteiger partial charge in [-0.3, -0.25) is 9.69 Å². The van der Waals surface area contributed by atoms with Crippen LogP contribution in [0.2, 0.25) is 0 Å². The first kappa shape index (κ1) is 25.3. The number of piperidine rings is 1. The van der Waals surface area contributed by atoms with E-state index in [1.807, 2.05) is 0 Å². The minimum atomic E-state index is -0.583. The molecule has 0 bridgehead atoms. The number of rotatable bonds is 9. The van der Waals surface area contributed by atoms with Gasteiger partial charge in [-0.15, -0.1) is 0 Å². The number of nitrogens with zero attached hydrogens (tertiary/aromatic N) is 2. The fourth-order valence-corrected chi connectivity index (χ4v) is 7.19. The molecule has 0 radical (unpaired) electrons. The molecule has 38 heavy (non-hydrogen) atoms. The van der Waals surface area contributed by atoms with Crippen LogP contribution >= 0.6 is 0 Å². The predicted octanol–water partition coefficient (Wildman–Crippen LogP) is 6.13. The van der Waals surface area contributed by atoms with Crippen LogP contribution in [0.4, 0.5) is 0 Å². The van der Waals surface area contributed by atoms with Gasteiger partial charge in [0.05, 0.1) is 0 Å². The maximum atomic E-state index is 13.9. The minimum Gasteiger partial charge on any atom is -0.355 e. The van der Waals surface area contributed by atoms with Crippen LogP contribution in [0.25, 0.3) is 11.1 Å². The van der Waals surface area contributed by atoms with Gasteiger partial charge in [0.15, 0.2) is 0 Å². The second kappa shape index (κ2) is 11.0. The Morgan fingerprint density at radius 3 is 2.03 bits per heavy atom. The summed E-state index contributed by atoms with van der Waals surface area (Å²) >= 11 is 0. The van der Waals surface area contributed by atoms with Crippen molar-refractivity contribution in [1.82, 2.24) is 15.1 Å². The standard InChI is InChI=1S/C34H41N3O/c1-2-20-35-33(38)34(31-15-7-5-13-29(31)30-14-6-8-16-32(30)34)19-9-10-21-36-22-17-28(18-23-36)37-24-26-11-3-4-12-27(26)25-37/h3-8,11-16,28H,2,9-10,17-25H2,1H3,(H,35,38). The predicted molar refractivity (Wildman–Crippen MR) is 155 cm³/mol. The number of fused-ring (bicyclic) bond motifs is 4. The van der Waals surface area contributed by atoms with Crippen LogP contribution in [-0.4, -0.2) is 47.9 Å². The van der Waals surface area contributed by atoms with Gasteiger partial charge in [-0.2, -0.15) is 0 Å². The number of nitrogens with one attached hydrogen (secondary N) is 1. The van der Waals surface area contributed by atoms with Gasteiger partial charge in [0, 0.05) is 25.7 Å². The van der Waals surface area contributed by atoms with Crippen LogP contribution in [0, 0.1) is 0 Å². The Morgan fingerprint density at radius 2 is 1.42 bits per heavy atom. The maximum Gasteiger partial charge on any atom is 0.235 e. The first-order valence-electron chi connectivity index (χ1n) is 14.7. The summed E-state index contributed by atoms with van der Waals surface area (Å²) in [5, 5.41) is 3.27. The molecule has 1 N–H and O–H groups in total. The van der Waals surface area contributed by atoms with E-state index in [1.54, 1.807) is 0 Å². The largest absolute Gasteiger partial charge is 0.355 e. The van der Waals surface area contributed by atoms with Crippen molar-refractivity contribution in [2.75, 3.05) is 26.2 Å². The smallest absolute Gasteiger partial charge is 0.235 e. The summed E-state index contributed by atoms with van der Waals surface area (Å²) in [6.07, 6.45) is 6.51. The lowest BCUT2D eigenvalue weighted by Gasteiger charge is -2.37. The molecule has 0 unspecified atom stereocenters. The highest BCUT2D eigenvalue weighted by atomic mass is 16.2. The van der Waals surface area contributed by atoms with Crippen molar-refractivity contribution in [3.05, 3.63) is 95.1 Å². The van der Waals surface area contributed by atoms with E-state index in [-0.39, 0.29) is 5.91 Å². The highest BCUT2D eigenvalue weighted by Crippen LogP contribution is 2.51. The van der Waals surface area contributed by atoms with E-state index in [4.69, 9.17) is 0 Å². The second-order valence-corrected chi connectivity index (χ2v) is 11.5. The van der Waals surface area contributed by atoms with Gasteiger partial charge in [-0.05, 0) is 85.1 Å². The normalized spacial score (nSPS) is 18.7. The maximum absolute atomic E-state index is 13.9. The number of likely N-dealkylation sites (tertiary alicyclic amines) is 1. The van der Waals surface area contributed by atoms with Crippen molar-refractivity contribution in [2.24, 2.45) is 0 Å². The van der Waals surface area contributed by atoms with E-state index in [0.29, 0.717) is 6.04 Å². The Balaban J connectivity index is 1.08. The van der Waals surface area contributed by atoms with Gasteiger partial charge in [-0.25, -0.2) is 0 Å². The van der Waals surface area contributed by atoms with Crippen molar-refractivity contribution < 1.29 is 4.79 Å². The third-order valence-corrected chi connectivity index (χ3v) is 9.20. The summed E-state index contributed by atoms with van der Waals surface area (Å²) in [5.41, 5.74) is 7.26. The second-order valence-electron chi connectivity index (χ2n) is 11.5. The third kappa shape index (κ3) is 4.58. The zero-order valence-electron chi connectivity index (χ0n) is 22.8. The van der Waals surface area contributed by atoms with Crippen molar-refractivity contribution in [3.8, 4) is 11.1 Å². The number of benzene rings is 3. The molecule has 0 aromatic heterocycles. The molecular formula is C34H41N3O. The molecule has 0 atom stereocenters. The highest BCUT2D eigenvalue weighted by molar-refractivity contribution is 6.00. The number of carbonyl (C=O) groups excluding carboxylic acids is 1. The molecule has 2 heterocycles. The lowest BCUT2D eigenvalue weighted by molar-refractivity contribution is -0.125. The molecular weight excluding hydrogens is 466 g/mol. The van der Waals surface area contributed by atoms with Crippen LogP contribution in [0.3, 0.4) is 0 Å². The molecule has 1 saturated heterocycles. The number of hydrogen-bond donors (Lipinski definition) is 1. The molecule has 4 heteroatoms. The number of unbranched alkanes of at least 4 members (excludes halogenated alkanes) is 1. The zero-order valence-corrected chi connectivity index (χ0v) is 22.8. The number of carbonyl (C=O) groups is 1. The van der Waals surface area contributed by atoms with Crippen LogP contribution in [0.5, 0.6) is 0 Å². The minimum absolute atomic E-state index is 0.171. The van der Waals surface area contributed by atoms with Gasteiger partial charge >= 0.3 is 0 Å². The van der Waals surface area contributed by atoms with Crippen molar-refractivity contribution in [2.45, 2.75) is 70.0 Å². The molecule has 0 spiro atoms. The summed E-state index contributed by atoms with van der Waals surface area (Å²) in [5.74, 6) is 0.171. The quantitative estimate of drug-likeness (QED) is 0.354. The fraction of sp³-hybridized carbons (Fsp3) is 0.441. The molecule has 1 fully saturated rings. The zero-order chi connectivity index (χ0) is 26.0. The lowest BCUT2D eigenvalue weighted by Crippen LogP contribution is -2.45. The van der Waals surface area contributed by atoms with Crippen LogP contribution < -0.4 is 5.32 Å². The van der Waals surface area contributed by atoms with Crippen LogP contribution in [-0.2, 0) is 23.3 Å². The molecule has 2 aliphatic heterocycles. The van der Waals surface area contributed by atoms with Crippen molar-refractivity contribution in [3.63, 3.8) is 0 Å². The molecule has 3 aliphatic rings. The Bertz CT molecular complexity index is 1210. The van der Waals surface area contributed by atoms with Crippen molar-refractivity contribution in [1.29, 1.82) is 0 Å². The molecule has 198 valence electrons. The topological polar surface area (TPSA) is 35.6 Å². The highest BCUT2D eigenvalue weighted by Gasteiger charge is 2.48. The molecule has 6 rings (SSSR count). The molecule has 1 amide bonds. The summed E-state index contributed by atoms with van der Waals surface area (Å²) in [4.78, 5) is 19.2. The molecule has 1 aliphatic carbocycles. The van der Waals surface area contributed by atoms with Gasteiger partial charge < -0.3 is 10.2 Å². The number of amides is 1. The summed E-state index contributed by atoms with van der Waals surface area (Å²) in [6, 6.07) is 26.8. The average Bonchev–Trinajstić information content (AvgIpc) is 3.53. The number of hydrogen-bond acceptors (Lipinski definition) is 3. The van der Waals surface area contributed by atoms with E-state index >= 15 is 0 Å².